The molecule has 0 bridgehead atoms. The van der Waals surface area contributed by atoms with Crippen LogP contribution in [0.4, 0.5) is 5.69 Å². The Morgan fingerprint density at radius 2 is 1.67 bits per heavy atom. The number of hydrogen-bond donors (Lipinski definition) is 0. The Morgan fingerprint density at radius 3 is 2.27 bits per heavy atom. The van der Waals surface area contributed by atoms with Gasteiger partial charge in [0.1, 0.15) is 6.54 Å². The predicted molar refractivity (Wildman–Crippen MR) is 115 cm³/mol. The van der Waals surface area contributed by atoms with Crippen LogP contribution in [0.15, 0.2) is 53.4 Å². The molecule has 1 amide bonds. The summed E-state index contributed by atoms with van der Waals surface area (Å²) in [5.41, 5.74) is 0.343. The second kappa shape index (κ2) is 9.38. The first kappa shape index (κ1) is 22.0. The first-order valence-electron chi connectivity index (χ1n) is 9.94. The largest absolute Gasteiger partial charge is 0.493 e. The summed E-state index contributed by atoms with van der Waals surface area (Å²) in [5.74, 6) is 1.23. The fourth-order valence-corrected chi connectivity index (χ4v) is 4.92. The second-order valence-electron chi connectivity index (χ2n) is 7.43. The molecule has 0 radical (unpaired) electrons. The van der Waals surface area contributed by atoms with E-state index in [1.54, 1.807) is 41.3 Å². The van der Waals surface area contributed by atoms with Crippen molar-refractivity contribution in [2.24, 2.45) is 5.92 Å². The quantitative estimate of drug-likeness (QED) is 0.672. The molecular weight excluding hydrogens is 404 g/mol. The minimum absolute atomic E-state index is 0.125. The van der Waals surface area contributed by atoms with Crippen molar-refractivity contribution >= 4 is 21.6 Å². The molecule has 1 aliphatic heterocycles. The van der Waals surface area contributed by atoms with E-state index >= 15 is 0 Å². The van der Waals surface area contributed by atoms with Crippen LogP contribution in [-0.2, 0) is 14.8 Å². The summed E-state index contributed by atoms with van der Waals surface area (Å²) in [5, 5.41) is 0. The van der Waals surface area contributed by atoms with Crippen molar-refractivity contribution in [3.05, 3.63) is 48.5 Å². The van der Waals surface area contributed by atoms with Gasteiger partial charge in [0.05, 0.1) is 24.8 Å². The Morgan fingerprint density at radius 1 is 1.03 bits per heavy atom. The zero-order valence-electron chi connectivity index (χ0n) is 17.6. The Labute approximate surface area is 178 Å². The number of carbonyl (C=O) groups excluding carboxylic acids is 1. The molecule has 0 aliphatic carbocycles. The van der Waals surface area contributed by atoms with E-state index in [0.717, 1.165) is 17.1 Å². The zero-order chi connectivity index (χ0) is 21.7. The Balaban J connectivity index is 1.98. The van der Waals surface area contributed by atoms with Crippen LogP contribution in [0.5, 0.6) is 11.5 Å². The molecular formula is C22H28N2O5S. The average Bonchev–Trinajstić information content (AvgIpc) is 2.77. The van der Waals surface area contributed by atoms with Crippen LogP contribution in [-0.4, -0.2) is 53.1 Å². The smallest absolute Gasteiger partial charge is 0.264 e. The molecule has 30 heavy (non-hydrogen) atoms. The van der Waals surface area contributed by atoms with Crippen LogP contribution in [0.25, 0.3) is 0 Å². The number of amides is 1. The molecule has 2 aromatic rings. The topological polar surface area (TPSA) is 76.2 Å². The van der Waals surface area contributed by atoms with E-state index < -0.39 is 10.0 Å². The number of likely N-dealkylation sites (tertiary alicyclic amines) is 1. The lowest BCUT2D eigenvalue weighted by atomic mass is 9.99. The number of piperidine rings is 1. The van der Waals surface area contributed by atoms with Gasteiger partial charge in [-0.05, 0) is 43.0 Å². The monoisotopic (exact) mass is 432 g/mol. The lowest BCUT2D eigenvalue weighted by molar-refractivity contribution is -0.130. The molecule has 0 spiro atoms. The molecule has 162 valence electrons. The number of benzene rings is 2. The van der Waals surface area contributed by atoms with Crippen molar-refractivity contribution in [2.75, 3.05) is 38.2 Å². The van der Waals surface area contributed by atoms with Gasteiger partial charge in [-0.2, -0.15) is 0 Å². The SMILES string of the molecule is COc1ccc(N(CC(=O)N2CCC(C)CC2)S(=O)(=O)c2ccccc2)cc1OC. The first-order chi connectivity index (χ1) is 14.4. The summed E-state index contributed by atoms with van der Waals surface area (Å²) in [6.45, 7) is 3.18. The predicted octanol–water partition coefficient (Wildman–Crippen LogP) is 3.16. The van der Waals surface area contributed by atoms with E-state index in [2.05, 4.69) is 6.92 Å². The lowest BCUT2D eigenvalue weighted by Crippen LogP contribution is -2.45. The van der Waals surface area contributed by atoms with Crippen LogP contribution in [0.1, 0.15) is 19.8 Å². The molecule has 7 nitrogen and oxygen atoms in total. The molecule has 1 saturated heterocycles. The van der Waals surface area contributed by atoms with Gasteiger partial charge in [0, 0.05) is 19.2 Å². The van der Waals surface area contributed by atoms with E-state index in [-0.39, 0.29) is 17.3 Å². The van der Waals surface area contributed by atoms with Gasteiger partial charge in [-0.15, -0.1) is 0 Å². The number of nitrogens with zero attached hydrogens (tertiary/aromatic N) is 2. The molecule has 0 aromatic heterocycles. The lowest BCUT2D eigenvalue weighted by Gasteiger charge is -2.33. The molecule has 0 atom stereocenters. The third-order valence-corrected chi connectivity index (χ3v) is 7.19. The number of carbonyl (C=O) groups is 1. The highest BCUT2D eigenvalue weighted by Crippen LogP contribution is 2.34. The normalized spacial score (nSPS) is 15.0. The molecule has 1 fully saturated rings. The van der Waals surface area contributed by atoms with E-state index in [4.69, 9.17) is 9.47 Å². The van der Waals surface area contributed by atoms with Crippen molar-refractivity contribution in [3.63, 3.8) is 0 Å². The number of anilines is 1. The third kappa shape index (κ3) is 4.70. The van der Waals surface area contributed by atoms with Gasteiger partial charge in [0.2, 0.25) is 5.91 Å². The highest BCUT2D eigenvalue weighted by atomic mass is 32.2. The molecule has 0 saturated carbocycles. The molecule has 8 heteroatoms. The third-order valence-electron chi connectivity index (χ3n) is 5.40. The number of ether oxygens (including phenoxy) is 2. The van der Waals surface area contributed by atoms with Gasteiger partial charge < -0.3 is 14.4 Å². The van der Waals surface area contributed by atoms with Crippen molar-refractivity contribution in [2.45, 2.75) is 24.7 Å². The number of hydrogen-bond acceptors (Lipinski definition) is 5. The van der Waals surface area contributed by atoms with Gasteiger partial charge >= 0.3 is 0 Å². The summed E-state index contributed by atoms with van der Waals surface area (Å²) < 4.78 is 38.6. The maximum Gasteiger partial charge on any atom is 0.264 e. The van der Waals surface area contributed by atoms with Gasteiger partial charge in [0.15, 0.2) is 11.5 Å². The first-order valence-corrected chi connectivity index (χ1v) is 11.4. The minimum Gasteiger partial charge on any atom is -0.493 e. The van der Waals surface area contributed by atoms with Gasteiger partial charge in [-0.1, -0.05) is 25.1 Å². The molecule has 3 rings (SSSR count). The van der Waals surface area contributed by atoms with Crippen LogP contribution >= 0.6 is 0 Å². The van der Waals surface area contributed by atoms with Crippen molar-refractivity contribution in [3.8, 4) is 11.5 Å². The molecule has 0 N–H and O–H groups in total. The summed E-state index contributed by atoms with van der Waals surface area (Å²) in [7, 11) is -0.959. The van der Waals surface area contributed by atoms with Crippen molar-refractivity contribution < 1.29 is 22.7 Å². The van der Waals surface area contributed by atoms with E-state index in [0.29, 0.717) is 36.2 Å². The van der Waals surface area contributed by atoms with Crippen molar-refractivity contribution in [1.29, 1.82) is 0 Å². The Kier molecular flexibility index (Phi) is 6.87. The van der Waals surface area contributed by atoms with Crippen molar-refractivity contribution in [1.82, 2.24) is 4.90 Å². The molecule has 1 aliphatic rings. The second-order valence-corrected chi connectivity index (χ2v) is 9.29. The van der Waals surface area contributed by atoms with Crippen LogP contribution < -0.4 is 13.8 Å². The summed E-state index contributed by atoms with van der Waals surface area (Å²) in [6.07, 6.45) is 1.85. The number of methoxy groups -OCH3 is 2. The maximum absolute atomic E-state index is 13.4. The zero-order valence-corrected chi connectivity index (χ0v) is 18.4. The fraction of sp³-hybridized carbons (Fsp3) is 0.409. The summed E-state index contributed by atoms with van der Waals surface area (Å²) in [4.78, 5) is 14.9. The highest BCUT2D eigenvalue weighted by Gasteiger charge is 2.30. The minimum atomic E-state index is -3.95. The Bertz CT molecular complexity index is 970. The molecule has 1 heterocycles. The maximum atomic E-state index is 13.4. The fourth-order valence-electron chi connectivity index (χ4n) is 3.50. The van der Waals surface area contributed by atoms with E-state index in [1.807, 2.05) is 0 Å². The number of rotatable bonds is 7. The van der Waals surface area contributed by atoms with Gasteiger partial charge in [-0.25, -0.2) is 8.42 Å². The number of sulfonamides is 1. The van der Waals surface area contributed by atoms with Crippen LogP contribution in [0.2, 0.25) is 0 Å². The standard InChI is InChI=1S/C22H28N2O5S/c1-17-11-13-23(14-12-17)22(25)16-24(30(26,27)19-7-5-4-6-8-19)18-9-10-20(28-2)21(15-18)29-3/h4-10,15,17H,11-14,16H2,1-3H3. The van der Waals surface area contributed by atoms with Crippen LogP contribution in [0, 0.1) is 5.92 Å². The molecule has 0 unspecified atom stereocenters. The van der Waals surface area contributed by atoms with Gasteiger partial charge in [0.25, 0.3) is 10.0 Å². The van der Waals surface area contributed by atoms with E-state index in [1.165, 1.54) is 26.4 Å². The Hall–Kier alpha value is -2.74. The van der Waals surface area contributed by atoms with Crippen LogP contribution in [0.3, 0.4) is 0 Å². The van der Waals surface area contributed by atoms with E-state index in [9.17, 15) is 13.2 Å². The molecule has 2 aromatic carbocycles. The summed E-state index contributed by atoms with van der Waals surface area (Å²) in [6, 6.07) is 12.9. The average molecular weight is 433 g/mol. The summed E-state index contributed by atoms with van der Waals surface area (Å²) >= 11 is 0. The van der Waals surface area contributed by atoms with Gasteiger partial charge in [-0.3, -0.25) is 9.10 Å². The highest BCUT2D eigenvalue weighted by molar-refractivity contribution is 7.92.